The first-order valence-corrected chi connectivity index (χ1v) is 10.3. The lowest BCUT2D eigenvalue weighted by Gasteiger charge is -2.48. The van der Waals surface area contributed by atoms with Crippen LogP contribution >= 0.6 is 0 Å². The lowest BCUT2D eigenvalue weighted by Crippen LogP contribution is -2.60. The zero-order valence-electron chi connectivity index (χ0n) is 16.7. The van der Waals surface area contributed by atoms with Gasteiger partial charge in [-0.05, 0) is 37.9 Å². The van der Waals surface area contributed by atoms with Gasteiger partial charge in [0.25, 0.3) is 0 Å². The molecule has 2 fully saturated rings. The quantitative estimate of drug-likeness (QED) is 0.696. The number of fused-ring (bicyclic) bond motifs is 1. The Balaban J connectivity index is 1.51. The van der Waals surface area contributed by atoms with Gasteiger partial charge in [-0.1, -0.05) is 30.3 Å². The Kier molecular flexibility index (Phi) is 4.40. The Hall–Kier alpha value is -2.71. The minimum Gasteiger partial charge on any atom is -0.383 e. The van der Waals surface area contributed by atoms with Crippen LogP contribution in [0.1, 0.15) is 24.8 Å². The van der Waals surface area contributed by atoms with Crippen molar-refractivity contribution < 1.29 is 5.11 Å². The van der Waals surface area contributed by atoms with Gasteiger partial charge in [-0.25, -0.2) is 0 Å². The van der Waals surface area contributed by atoms with E-state index in [1.54, 1.807) is 10.9 Å². The largest absolute Gasteiger partial charge is 0.383 e. The molecule has 8 heteroatoms. The third kappa shape index (κ3) is 3.03. The molecule has 5 rings (SSSR count). The van der Waals surface area contributed by atoms with Crippen LogP contribution in [0, 0.1) is 0 Å². The summed E-state index contributed by atoms with van der Waals surface area (Å²) in [6.07, 6.45) is 4.66. The molecule has 152 valence electrons. The fourth-order valence-corrected chi connectivity index (χ4v) is 4.81. The average Bonchev–Trinajstić information content (AvgIpc) is 3.40. The molecule has 3 aromatic rings. The highest BCUT2D eigenvalue weighted by Crippen LogP contribution is 2.38. The Bertz CT molecular complexity index is 1010. The molecule has 4 heterocycles. The monoisotopic (exact) mass is 393 g/mol. The van der Waals surface area contributed by atoms with E-state index in [2.05, 4.69) is 19.9 Å². The highest BCUT2D eigenvalue weighted by atomic mass is 16.3. The molecule has 2 aromatic heterocycles. The number of piperidine rings is 1. The van der Waals surface area contributed by atoms with Crippen molar-refractivity contribution in [3.63, 3.8) is 0 Å². The van der Waals surface area contributed by atoms with Crippen molar-refractivity contribution >= 4 is 22.8 Å². The van der Waals surface area contributed by atoms with Crippen molar-refractivity contribution in [2.75, 3.05) is 36.8 Å². The van der Waals surface area contributed by atoms with E-state index in [0.717, 1.165) is 29.7 Å². The van der Waals surface area contributed by atoms with Crippen LogP contribution in [0.5, 0.6) is 0 Å². The number of likely N-dealkylation sites (tertiary alicyclic amines) is 1. The second-order valence-corrected chi connectivity index (χ2v) is 8.16. The molecule has 2 aliphatic rings. The minimum atomic E-state index is -0.885. The number of aliphatic hydroxyl groups is 1. The number of hydrogen-bond acceptors (Lipinski definition) is 7. The Morgan fingerprint density at radius 2 is 1.86 bits per heavy atom. The molecule has 0 saturated carbocycles. The first-order chi connectivity index (χ1) is 14.1. The number of aromatic nitrogens is 4. The summed E-state index contributed by atoms with van der Waals surface area (Å²) in [5.74, 6) is 1.05. The molecule has 2 saturated heterocycles. The molecule has 0 bridgehead atoms. The topological polar surface area (TPSA) is 96.3 Å². The fraction of sp³-hybridized carbons (Fsp3) is 0.476. The van der Waals surface area contributed by atoms with Crippen molar-refractivity contribution in [3.8, 4) is 0 Å². The average molecular weight is 393 g/mol. The third-order valence-corrected chi connectivity index (χ3v) is 6.46. The van der Waals surface area contributed by atoms with Gasteiger partial charge in [-0.15, -0.1) is 0 Å². The molecular weight excluding hydrogens is 366 g/mol. The summed E-state index contributed by atoms with van der Waals surface area (Å²) in [5.41, 5.74) is 7.02. The van der Waals surface area contributed by atoms with Gasteiger partial charge < -0.3 is 15.7 Å². The highest BCUT2D eigenvalue weighted by molar-refractivity contribution is 5.86. The Morgan fingerprint density at radius 1 is 1.10 bits per heavy atom. The first-order valence-electron chi connectivity index (χ1n) is 10.3. The zero-order valence-corrected chi connectivity index (χ0v) is 16.7. The lowest BCUT2D eigenvalue weighted by atomic mass is 9.79. The summed E-state index contributed by atoms with van der Waals surface area (Å²) in [7, 11) is 1.86. The maximum Gasteiger partial charge on any atom is 0.229 e. The maximum absolute atomic E-state index is 11.8. The van der Waals surface area contributed by atoms with Crippen LogP contribution in [0.3, 0.4) is 0 Å². The highest BCUT2D eigenvalue weighted by Gasteiger charge is 2.46. The number of aryl methyl sites for hydroxylation is 1. The molecule has 8 nitrogen and oxygen atoms in total. The van der Waals surface area contributed by atoms with E-state index in [4.69, 9.17) is 10.7 Å². The molecule has 2 atom stereocenters. The number of nitrogens with zero attached hydrogens (tertiary/aromatic N) is 6. The number of nitrogen functional groups attached to an aromatic ring is 1. The second-order valence-electron chi connectivity index (χ2n) is 8.16. The van der Waals surface area contributed by atoms with Crippen LogP contribution < -0.4 is 10.6 Å². The third-order valence-electron chi connectivity index (χ3n) is 6.46. The van der Waals surface area contributed by atoms with Crippen LogP contribution in [0.15, 0.2) is 36.5 Å². The van der Waals surface area contributed by atoms with Crippen molar-refractivity contribution in [3.05, 3.63) is 42.1 Å². The van der Waals surface area contributed by atoms with E-state index in [1.807, 2.05) is 37.4 Å². The van der Waals surface area contributed by atoms with E-state index in [-0.39, 0.29) is 6.04 Å². The molecule has 0 unspecified atom stereocenters. The van der Waals surface area contributed by atoms with E-state index in [9.17, 15) is 5.11 Å². The van der Waals surface area contributed by atoms with E-state index >= 15 is 0 Å². The number of nitrogens with two attached hydrogens (primary N) is 1. The predicted molar refractivity (Wildman–Crippen MR) is 112 cm³/mol. The molecule has 29 heavy (non-hydrogen) atoms. The van der Waals surface area contributed by atoms with Crippen molar-refractivity contribution in [1.29, 1.82) is 0 Å². The van der Waals surface area contributed by atoms with Gasteiger partial charge in [0.1, 0.15) is 11.4 Å². The van der Waals surface area contributed by atoms with E-state index in [0.29, 0.717) is 31.3 Å². The van der Waals surface area contributed by atoms with Crippen LogP contribution in [-0.2, 0) is 12.6 Å². The van der Waals surface area contributed by atoms with Crippen molar-refractivity contribution in [2.24, 2.45) is 7.05 Å². The van der Waals surface area contributed by atoms with Crippen LogP contribution in [0.4, 0.5) is 11.8 Å². The SMILES string of the molecule is Cn1ncc2c(N)nc(N3CC[C@](O)(c4ccccc4)[C@H](N4CCCC4)C3)nc21. The molecular formula is C21H27N7O. The molecule has 2 aliphatic heterocycles. The summed E-state index contributed by atoms with van der Waals surface area (Å²) in [6, 6.07) is 10.0. The summed E-state index contributed by atoms with van der Waals surface area (Å²) in [4.78, 5) is 13.9. The van der Waals surface area contributed by atoms with Crippen LogP contribution in [0.25, 0.3) is 11.0 Å². The predicted octanol–water partition coefficient (Wildman–Crippen LogP) is 1.51. The van der Waals surface area contributed by atoms with Gasteiger partial charge in [0.05, 0.1) is 17.6 Å². The molecule has 0 amide bonds. The van der Waals surface area contributed by atoms with Gasteiger partial charge in [0.2, 0.25) is 5.95 Å². The normalized spacial score (nSPS) is 25.7. The number of rotatable bonds is 3. The summed E-state index contributed by atoms with van der Waals surface area (Å²) < 4.78 is 1.72. The smallest absolute Gasteiger partial charge is 0.229 e. The molecule has 0 radical (unpaired) electrons. The van der Waals surface area contributed by atoms with Crippen LogP contribution in [0.2, 0.25) is 0 Å². The van der Waals surface area contributed by atoms with Gasteiger partial charge in [0.15, 0.2) is 5.65 Å². The Morgan fingerprint density at radius 3 is 2.62 bits per heavy atom. The number of hydrogen-bond donors (Lipinski definition) is 2. The first kappa shape index (κ1) is 18.3. The van der Waals surface area contributed by atoms with Gasteiger partial charge in [-0.3, -0.25) is 9.58 Å². The Labute approximate surface area is 170 Å². The summed E-state index contributed by atoms with van der Waals surface area (Å²) in [6.45, 7) is 3.35. The lowest BCUT2D eigenvalue weighted by molar-refractivity contribution is -0.0604. The molecule has 3 N–H and O–H groups in total. The van der Waals surface area contributed by atoms with E-state index in [1.165, 1.54) is 12.8 Å². The zero-order chi connectivity index (χ0) is 20.0. The van der Waals surface area contributed by atoms with Gasteiger partial charge in [-0.2, -0.15) is 15.1 Å². The summed E-state index contributed by atoms with van der Waals surface area (Å²) >= 11 is 0. The second kappa shape index (κ2) is 6.96. The molecule has 0 spiro atoms. The standard InChI is InChI=1S/C21H27N7O/c1-26-19-16(13-23-26)18(22)24-20(25-19)28-12-9-21(29,15-7-3-2-4-8-15)17(14-28)27-10-5-6-11-27/h2-4,7-8,13,17,29H,5-6,9-12,14H2,1H3,(H2,22,24,25)/t17-,21+/m1/s1. The van der Waals surface area contributed by atoms with Crippen molar-refractivity contribution in [2.45, 2.75) is 30.9 Å². The van der Waals surface area contributed by atoms with Crippen LogP contribution in [-0.4, -0.2) is 62.0 Å². The number of benzene rings is 1. The minimum absolute atomic E-state index is 0.0202. The van der Waals surface area contributed by atoms with Gasteiger partial charge >= 0.3 is 0 Å². The van der Waals surface area contributed by atoms with Gasteiger partial charge in [0, 0.05) is 20.1 Å². The molecule has 0 aliphatic carbocycles. The summed E-state index contributed by atoms with van der Waals surface area (Å²) in [5, 5.41) is 16.8. The maximum atomic E-state index is 11.8. The fourth-order valence-electron chi connectivity index (χ4n) is 4.81. The molecule has 1 aromatic carbocycles. The number of anilines is 2. The van der Waals surface area contributed by atoms with Crippen molar-refractivity contribution in [1.82, 2.24) is 24.6 Å². The van der Waals surface area contributed by atoms with E-state index < -0.39 is 5.60 Å².